The Balaban J connectivity index is 3.49. The zero-order valence-corrected chi connectivity index (χ0v) is 8.78. The van der Waals surface area contributed by atoms with Crippen LogP contribution in [0.15, 0.2) is 24.3 Å². The van der Waals surface area contributed by atoms with Crippen LogP contribution in [0.4, 0.5) is 13.2 Å². The van der Waals surface area contributed by atoms with Gasteiger partial charge in [-0.2, -0.15) is 13.2 Å². The van der Waals surface area contributed by atoms with Crippen LogP contribution < -0.4 is 10.5 Å². The minimum atomic E-state index is -5.13. The lowest BCUT2D eigenvalue weighted by Crippen LogP contribution is -2.56. The van der Waals surface area contributed by atoms with Crippen molar-refractivity contribution in [2.75, 3.05) is 7.11 Å². The highest BCUT2D eigenvalue weighted by Crippen LogP contribution is 2.40. The molecule has 0 amide bonds. The van der Waals surface area contributed by atoms with E-state index in [1.54, 1.807) is 0 Å². The summed E-state index contributed by atoms with van der Waals surface area (Å²) in [7, 11) is 1.14. The minimum absolute atomic E-state index is 0.227. The molecule has 0 fully saturated rings. The van der Waals surface area contributed by atoms with Crippen molar-refractivity contribution in [3.8, 4) is 5.75 Å². The first-order valence-corrected chi connectivity index (χ1v) is 4.47. The molecular weight excluding hydrogens is 239 g/mol. The van der Waals surface area contributed by atoms with E-state index in [0.717, 1.165) is 13.2 Å². The standard InChI is InChI=1S/C10H10F3NO3/c1-17-7-5-3-2-4-6(7)9(14,8(15)16)10(11,12)13/h2-5H,14H2,1H3,(H,15,16)/t9-/m0/s1. The van der Waals surface area contributed by atoms with E-state index in [-0.39, 0.29) is 5.75 Å². The number of ether oxygens (including phenoxy) is 1. The average Bonchev–Trinajstić information content (AvgIpc) is 2.26. The summed E-state index contributed by atoms with van der Waals surface area (Å²) >= 11 is 0. The van der Waals surface area contributed by atoms with E-state index in [2.05, 4.69) is 0 Å². The topological polar surface area (TPSA) is 72.5 Å². The zero-order valence-electron chi connectivity index (χ0n) is 8.78. The summed E-state index contributed by atoms with van der Waals surface area (Å²) in [5.41, 5.74) is 0.888. The first-order chi connectivity index (χ1) is 7.75. The third-order valence-corrected chi connectivity index (χ3v) is 2.32. The Hall–Kier alpha value is -1.76. The van der Waals surface area contributed by atoms with Gasteiger partial charge in [-0.05, 0) is 6.07 Å². The summed E-state index contributed by atoms with van der Waals surface area (Å²) in [6.07, 6.45) is -5.13. The number of hydrogen-bond donors (Lipinski definition) is 2. The molecule has 94 valence electrons. The fourth-order valence-electron chi connectivity index (χ4n) is 1.36. The molecule has 4 nitrogen and oxygen atoms in total. The SMILES string of the molecule is COc1ccccc1[C@](N)(C(=O)O)C(F)(F)F. The molecular formula is C10H10F3NO3. The third kappa shape index (κ3) is 2.05. The van der Waals surface area contributed by atoms with Gasteiger partial charge in [0.1, 0.15) is 5.75 Å². The largest absolute Gasteiger partial charge is 0.496 e. The van der Waals surface area contributed by atoms with Gasteiger partial charge in [0, 0.05) is 5.56 Å². The second-order valence-electron chi connectivity index (χ2n) is 3.31. The molecule has 0 saturated carbocycles. The van der Waals surface area contributed by atoms with Crippen molar-refractivity contribution in [1.82, 2.24) is 0 Å². The van der Waals surface area contributed by atoms with Crippen LogP contribution >= 0.6 is 0 Å². The van der Waals surface area contributed by atoms with Crippen LogP contribution in [0.25, 0.3) is 0 Å². The number of aliphatic carboxylic acids is 1. The van der Waals surface area contributed by atoms with E-state index >= 15 is 0 Å². The molecule has 0 aromatic heterocycles. The molecule has 3 N–H and O–H groups in total. The van der Waals surface area contributed by atoms with Crippen LogP contribution in [-0.4, -0.2) is 24.4 Å². The van der Waals surface area contributed by atoms with E-state index in [1.807, 2.05) is 0 Å². The highest BCUT2D eigenvalue weighted by atomic mass is 19.4. The summed E-state index contributed by atoms with van der Waals surface area (Å²) in [5, 5.41) is 8.74. The maximum atomic E-state index is 12.8. The van der Waals surface area contributed by atoms with E-state index in [9.17, 15) is 18.0 Å². The van der Waals surface area contributed by atoms with Gasteiger partial charge in [0.25, 0.3) is 0 Å². The summed E-state index contributed by atoms with van der Waals surface area (Å²) in [6, 6.07) is 4.86. The number of benzene rings is 1. The lowest BCUT2D eigenvalue weighted by molar-refractivity contribution is -0.205. The summed E-state index contributed by atoms with van der Waals surface area (Å²) in [6.45, 7) is 0. The van der Waals surface area contributed by atoms with Crippen molar-refractivity contribution in [1.29, 1.82) is 0 Å². The van der Waals surface area contributed by atoms with Crippen LogP contribution in [0.3, 0.4) is 0 Å². The molecule has 1 atom stereocenters. The molecule has 0 aliphatic rings. The number of carbonyl (C=O) groups is 1. The minimum Gasteiger partial charge on any atom is -0.496 e. The highest BCUT2D eigenvalue weighted by molar-refractivity contribution is 5.82. The number of rotatable bonds is 3. The maximum Gasteiger partial charge on any atom is 0.421 e. The van der Waals surface area contributed by atoms with Gasteiger partial charge in [-0.1, -0.05) is 18.2 Å². The second-order valence-corrected chi connectivity index (χ2v) is 3.31. The fraction of sp³-hybridized carbons (Fsp3) is 0.300. The Morgan fingerprint density at radius 3 is 2.29 bits per heavy atom. The summed E-state index contributed by atoms with van der Waals surface area (Å²) in [5.74, 6) is -2.41. The van der Waals surface area contributed by atoms with E-state index in [4.69, 9.17) is 15.6 Å². The monoisotopic (exact) mass is 249 g/mol. The number of alkyl halides is 3. The summed E-state index contributed by atoms with van der Waals surface area (Å²) < 4.78 is 43.1. The third-order valence-electron chi connectivity index (χ3n) is 2.32. The number of hydrogen-bond acceptors (Lipinski definition) is 3. The molecule has 0 saturated heterocycles. The quantitative estimate of drug-likeness (QED) is 0.851. The Labute approximate surface area is 94.8 Å². The van der Waals surface area contributed by atoms with Gasteiger partial charge in [0.15, 0.2) is 0 Å². The van der Waals surface area contributed by atoms with Crippen molar-refractivity contribution in [3.63, 3.8) is 0 Å². The molecule has 0 bridgehead atoms. The van der Waals surface area contributed by atoms with Gasteiger partial charge in [0.05, 0.1) is 7.11 Å². The van der Waals surface area contributed by atoms with Crippen molar-refractivity contribution in [3.05, 3.63) is 29.8 Å². The Morgan fingerprint density at radius 1 is 1.35 bits per heavy atom. The van der Waals surface area contributed by atoms with Crippen molar-refractivity contribution in [2.45, 2.75) is 11.7 Å². The number of carboxylic acid groups (broad SMARTS) is 1. The predicted octanol–water partition coefficient (Wildman–Crippen LogP) is 1.50. The first kappa shape index (κ1) is 13.3. The van der Waals surface area contributed by atoms with Crippen molar-refractivity contribution in [2.24, 2.45) is 5.73 Å². The van der Waals surface area contributed by atoms with Crippen molar-refractivity contribution < 1.29 is 27.8 Å². The molecule has 0 heterocycles. The molecule has 0 radical (unpaired) electrons. The smallest absolute Gasteiger partial charge is 0.421 e. The van der Waals surface area contributed by atoms with Crippen LogP contribution in [-0.2, 0) is 10.3 Å². The first-order valence-electron chi connectivity index (χ1n) is 4.47. The highest BCUT2D eigenvalue weighted by Gasteiger charge is 2.60. The van der Waals surface area contributed by atoms with Crippen molar-refractivity contribution >= 4 is 5.97 Å². The average molecular weight is 249 g/mol. The molecule has 0 unspecified atom stereocenters. The Kier molecular flexibility index (Phi) is 3.33. The zero-order chi connectivity index (χ0) is 13.3. The molecule has 0 aliphatic carbocycles. The maximum absolute atomic E-state index is 12.8. The molecule has 7 heteroatoms. The molecule has 0 aliphatic heterocycles. The normalized spacial score (nSPS) is 15.1. The van der Waals surface area contributed by atoms with Gasteiger partial charge >= 0.3 is 12.1 Å². The van der Waals surface area contributed by atoms with Gasteiger partial charge in [0.2, 0.25) is 5.54 Å². The Morgan fingerprint density at radius 2 is 1.88 bits per heavy atom. The Bertz CT molecular complexity index is 433. The van der Waals surface area contributed by atoms with E-state index < -0.39 is 23.2 Å². The van der Waals surface area contributed by atoms with Crippen LogP contribution in [0, 0.1) is 0 Å². The lowest BCUT2D eigenvalue weighted by atomic mass is 9.89. The number of methoxy groups -OCH3 is 1. The van der Waals surface area contributed by atoms with Gasteiger partial charge in [-0.3, -0.25) is 0 Å². The molecule has 1 aromatic carbocycles. The number of nitrogens with two attached hydrogens (primary N) is 1. The van der Waals surface area contributed by atoms with E-state index in [1.165, 1.54) is 18.2 Å². The van der Waals surface area contributed by atoms with E-state index in [0.29, 0.717) is 0 Å². The van der Waals surface area contributed by atoms with Gasteiger partial charge in [-0.15, -0.1) is 0 Å². The fourth-order valence-corrected chi connectivity index (χ4v) is 1.36. The van der Waals surface area contributed by atoms with Crippen LogP contribution in [0.2, 0.25) is 0 Å². The van der Waals surface area contributed by atoms with Crippen LogP contribution in [0.5, 0.6) is 5.75 Å². The molecule has 0 spiro atoms. The van der Waals surface area contributed by atoms with Gasteiger partial charge in [-0.25, -0.2) is 4.79 Å². The second kappa shape index (κ2) is 4.25. The molecule has 1 rings (SSSR count). The number of para-hydroxylation sites is 1. The molecule has 1 aromatic rings. The number of carboxylic acids is 1. The van der Waals surface area contributed by atoms with Crippen LogP contribution in [0.1, 0.15) is 5.56 Å². The number of halogens is 3. The molecule has 17 heavy (non-hydrogen) atoms. The lowest BCUT2D eigenvalue weighted by Gasteiger charge is -2.28. The summed E-state index contributed by atoms with van der Waals surface area (Å²) in [4.78, 5) is 10.8. The van der Waals surface area contributed by atoms with Gasteiger partial charge < -0.3 is 15.6 Å². The predicted molar refractivity (Wildman–Crippen MR) is 52.6 cm³/mol.